The maximum Gasteiger partial charge on any atom is 0.247 e. The van der Waals surface area contributed by atoms with Crippen molar-refractivity contribution in [1.82, 2.24) is 5.48 Å². The number of benzene rings is 1. The second-order valence-corrected chi connectivity index (χ2v) is 5.03. The van der Waals surface area contributed by atoms with Crippen molar-refractivity contribution < 1.29 is 14.4 Å². The number of methoxy groups -OCH3 is 1. The van der Waals surface area contributed by atoms with Crippen molar-refractivity contribution in [2.24, 2.45) is 0 Å². The number of hydrogen-bond acceptors (Lipinski definition) is 3. The second kappa shape index (κ2) is 6.57. The number of carbonyl (C=O) groups is 1. The molecule has 104 valence electrons. The van der Waals surface area contributed by atoms with Crippen LogP contribution >= 0.6 is 0 Å². The van der Waals surface area contributed by atoms with E-state index < -0.39 is 0 Å². The van der Waals surface area contributed by atoms with Crippen LogP contribution in [0, 0.1) is 6.92 Å². The van der Waals surface area contributed by atoms with Gasteiger partial charge in [0.2, 0.25) is 5.91 Å². The fourth-order valence-electron chi connectivity index (χ4n) is 2.35. The zero-order valence-corrected chi connectivity index (χ0v) is 11.6. The first kappa shape index (κ1) is 13.9. The molecule has 0 atom stereocenters. The molecule has 0 saturated heterocycles. The maximum atomic E-state index is 11.8. The molecule has 1 fully saturated rings. The summed E-state index contributed by atoms with van der Waals surface area (Å²) in [5.41, 5.74) is 4.54. The second-order valence-electron chi connectivity index (χ2n) is 5.03. The summed E-state index contributed by atoms with van der Waals surface area (Å²) < 4.78 is 5.25. The quantitative estimate of drug-likeness (QED) is 0.830. The Bertz CT molecular complexity index is 439. The highest BCUT2D eigenvalue weighted by Gasteiger charge is 2.17. The van der Waals surface area contributed by atoms with Crippen LogP contribution in [-0.2, 0) is 16.1 Å². The summed E-state index contributed by atoms with van der Waals surface area (Å²) in [5, 5.41) is 0. The summed E-state index contributed by atoms with van der Waals surface area (Å²) in [7, 11) is 1.63. The van der Waals surface area contributed by atoms with E-state index in [9.17, 15) is 4.79 Å². The minimum atomic E-state index is -0.113. The van der Waals surface area contributed by atoms with E-state index in [4.69, 9.17) is 9.57 Å². The van der Waals surface area contributed by atoms with Crippen molar-refractivity contribution in [3.63, 3.8) is 0 Å². The Morgan fingerprint density at radius 2 is 2.11 bits per heavy atom. The average Bonchev–Trinajstić information content (AvgIpc) is 2.92. The van der Waals surface area contributed by atoms with Crippen LogP contribution in [0.2, 0.25) is 0 Å². The van der Waals surface area contributed by atoms with Crippen LogP contribution in [0.5, 0.6) is 5.75 Å². The summed E-state index contributed by atoms with van der Waals surface area (Å²) in [6, 6.07) is 5.79. The fraction of sp³-hybridized carbons (Fsp3) is 0.533. The lowest BCUT2D eigenvalue weighted by molar-refractivity contribution is -0.137. The van der Waals surface area contributed by atoms with Crippen LogP contribution in [-0.4, -0.2) is 19.1 Å². The molecule has 1 saturated carbocycles. The number of hydrogen-bond donors (Lipinski definition) is 1. The Balaban J connectivity index is 1.84. The molecule has 4 heteroatoms. The van der Waals surface area contributed by atoms with Crippen molar-refractivity contribution in [3.05, 3.63) is 29.3 Å². The van der Waals surface area contributed by atoms with Crippen LogP contribution in [0.4, 0.5) is 0 Å². The van der Waals surface area contributed by atoms with Gasteiger partial charge in [0.1, 0.15) is 5.75 Å². The molecule has 1 aromatic carbocycles. The Kier molecular flexibility index (Phi) is 4.80. The molecule has 19 heavy (non-hydrogen) atoms. The molecule has 0 bridgehead atoms. The van der Waals surface area contributed by atoms with Gasteiger partial charge < -0.3 is 4.74 Å². The van der Waals surface area contributed by atoms with Gasteiger partial charge in [0.05, 0.1) is 19.6 Å². The lowest BCUT2D eigenvalue weighted by Crippen LogP contribution is -2.29. The van der Waals surface area contributed by atoms with Crippen molar-refractivity contribution in [2.75, 3.05) is 7.11 Å². The van der Waals surface area contributed by atoms with Crippen molar-refractivity contribution >= 4 is 5.91 Å². The zero-order valence-electron chi connectivity index (χ0n) is 11.6. The van der Waals surface area contributed by atoms with E-state index in [0.29, 0.717) is 6.42 Å². The molecule has 1 aromatic rings. The SMILES string of the molecule is COc1cc(CC(=O)NOC2CCCC2)ccc1C. The lowest BCUT2D eigenvalue weighted by atomic mass is 10.1. The highest BCUT2D eigenvalue weighted by Crippen LogP contribution is 2.21. The number of carbonyl (C=O) groups excluding carboxylic acids is 1. The molecule has 0 aliphatic heterocycles. The Morgan fingerprint density at radius 3 is 2.79 bits per heavy atom. The average molecular weight is 263 g/mol. The van der Waals surface area contributed by atoms with E-state index >= 15 is 0 Å². The Hall–Kier alpha value is -1.55. The topological polar surface area (TPSA) is 47.6 Å². The van der Waals surface area contributed by atoms with Crippen LogP contribution in [0.1, 0.15) is 36.8 Å². The first-order chi connectivity index (χ1) is 9.19. The van der Waals surface area contributed by atoms with Gasteiger partial charge >= 0.3 is 0 Å². The third-order valence-electron chi connectivity index (χ3n) is 3.48. The van der Waals surface area contributed by atoms with Gasteiger partial charge in [-0.3, -0.25) is 9.63 Å². The van der Waals surface area contributed by atoms with E-state index in [-0.39, 0.29) is 12.0 Å². The smallest absolute Gasteiger partial charge is 0.247 e. The van der Waals surface area contributed by atoms with Gasteiger partial charge in [0, 0.05) is 0 Å². The first-order valence-corrected chi connectivity index (χ1v) is 6.77. The lowest BCUT2D eigenvalue weighted by Gasteiger charge is -2.12. The van der Waals surface area contributed by atoms with E-state index in [1.807, 2.05) is 25.1 Å². The predicted molar refractivity (Wildman–Crippen MR) is 72.9 cm³/mol. The summed E-state index contributed by atoms with van der Waals surface area (Å²) in [6.45, 7) is 1.98. The molecule has 1 aliphatic rings. The third-order valence-corrected chi connectivity index (χ3v) is 3.48. The van der Waals surface area contributed by atoms with Gasteiger partial charge in [-0.2, -0.15) is 0 Å². The minimum Gasteiger partial charge on any atom is -0.496 e. The van der Waals surface area contributed by atoms with Crippen LogP contribution in [0.25, 0.3) is 0 Å². The van der Waals surface area contributed by atoms with Gasteiger partial charge in [-0.25, -0.2) is 5.48 Å². The normalized spacial score (nSPS) is 15.5. The molecule has 0 spiro atoms. The molecule has 0 unspecified atom stereocenters. The van der Waals surface area contributed by atoms with Crippen LogP contribution in [0.3, 0.4) is 0 Å². The number of aryl methyl sites for hydroxylation is 1. The molecule has 0 radical (unpaired) electrons. The van der Waals surface area contributed by atoms with E-state index in [0.717, 1.165) is 29.7 Å². The fourth-order valence-corrected chi connectivity index (χ4v) is 2.35. The largest absolute Gasteiger partial charge is 0.496 e. The summed E-state index contributed by atoms with van der Waals surface area (Å²) in [5.74, 6) is 0.694. The molecule has 1 amide bonds. The Morgan fingerprint density at radius 1 is 1.37 bits per heavy atom. The maximum absolute atomic E-state index is 11.8. The summed E-state index contributed by atoms with van der Waals surface area (Å²) >= 11 is 0. The first-order valence-electron chi connectivity index (χ1n) is 6.77. The van der Waals surface area contributed by atoms with Crippen LogP contribution in [0.15, 0.2) is 18.2 Å². The number of rotatable bonds is 5. The number of hydroxylamine groups is 1. The molecule has 4 nitrogen and oxygen atoms in total. The number of ether oxygens (including phenoxy) is 1. The van der Waals surface area contributed by atoms with Crippen molar-refractivity contribution in [1.29, 1.82) is 0 Å². The molecule has 1 aliphatic carbocycles. The monoisotopic (exact) mass is 263 g/mol. The van der Waals surface area contributed by atoms with Crippen LogP contribution < -0.4 is 10.2 Å². The molecule has 0 heterocycles. The van der Waals surface area contributed by atoms with Crippen molar-refractivity contribution in [2.45, 2.75) is 45.1 Å². The van der Waals surface area contributed by atoms with Crippen molar-refractivity contribution in [3.8, 4) is 5.75 Å². The molecule has 1 N–H and O–H groups in total. The van der Waals surface area contributed by atoms with E-state index in [1.165, 1.54) is 12.8 Å². The Labute approximate surface area is 114 Å². The molecular formula is C15H21NO3. The van der Waals surface area contributed by atoms with E-state index in [2.05, 4.69) is 5.48 Å². The molecular weight excluding hydrogens is 242 g/mol. The predicted octanol–water partition coefficient (Wildman–Crippen LogP) is 2.54. The van der Waals surface area contributed by atoms with Gasteiger partial charge in [0.25, 0.3) is 0 Å². The minimum absolute atomic E-state index is 0.113. The number of nitrogens with one attached hydrogen (secondary N) is 1. The van der Waals surface area contributed by atoms with Gasteiger partial charge in [-0.1, -0.05) is 25.0 Å². The van der Waals surface area contributed by atoms with Gasteiger partial charge in [0.15, 0.2) is 0 Å². The number of amides is 1. The molecule has 2 rings (SSSR count). The molecule has 0 aromatic heterocycles. The standard InChI is InChI=1S/C15H21NO3/c1-11-7-8-12(9-14(11)18-2)10-15(17)16-19-13-5-3-4-6-13/h7-9,13H,3-6,10H2,1-2H3,(H,16,17). The highest BCUT2D eigenvalue weighted by molar-refractivity contribution is 5.77. The summed E-state index contributed by atoms with van der Waals surface area (Å²) in [6.07, 6.45) is 4.96. The third kappa shape index (κ3) is 3.96. The summed E-state index contributed by atoms with van der Waals surface area (Å²) in [4.78, 5) is 17.2. The van der Waals surface area contributed by atoms with Gasteiger partial charge in [-0.05, 0) is 37.0 Å². The van der Waals surface area contributed by atoms with E-state index in [1.54, 1.807) is 7.11 Å². The zero-order chi connectivity index (χ0) is 13.7. The van der Waals surface area contributed by atoms with Gasteiger partial charge in [-0.15, -0.1) is 0 Å². The highest BCUT2D eigenvalue weighted by atomic mass is 16.7.